The molecule has 1 aliphatic carbocycles. The zero-order valence-electron chi connectivity index (χ0n) is 17.3. The molecule has 0 spiro atoms. The van der Waals surface area contributed by atoms with Gasteiger partial charge < -0.3 is 4.74 Å². The van der Waals surface area contributed by atoms with E-state index in [0.29, 0.717) is 39.3 Å². The summed E-state index contributed by atoms with van der Waals surface area (Å²) in [6, 6.07) is 0. The van der Waals surface area contributed by atoms with Crippen LogP contribution in [0.15, 0.2) is 0 Å². The summed E-state index contributed by atoms with van der Waals surface area (Å²) in [6.45, 7) is 6.55. The SMILES string of the molecule is C[C@@H]1CN(S(=O)(=O)N2CCN(CN3C(=O)[C@H]4CCCC[C@H]4C3=O)CC2)C[C@@H](C)O1. The summed E-state index contributed by atoms with van der Waals surface area (Å²) in [6.07, 6.45) is 3.42. The minimum Gasteiger partial charge on any atom is -0.373 e. The predicted octanol–water partition coefficient (Wildman–Crippen LogP) is 0.0907. The maximum atomic E-state index is 13.0. The van der Waals surface area contributed by atoms with Gasteiger partial charge in [-0.2, -0.15) is 17.0 Å². The van der Waals surface area contributed by atoms with Crippen LogP contribution in [0, 0.1) is 11.8 Å². The van der Waals surface area contributed by atoms with Crippen LogP contribution >= 0.6 is 0 Å². The zero-order chi connectivity index (χ0) is 20.8. The van der Waals surface area contributed by atoms with Crippen LogP contribution in [0.4, 0.5) is 0 Å². The number of carbonyl (C=O) groups is 2. The van der Waals surface area contributed by atoms with Gasteiger partial charge in [0.25, 0.3) is 10.2 Å². The van der Waals surface area contributed by atoms with Gasteiger partial charge in [-0.25, -0.2) is 0 Å². The molecule has 29 heavy (non-hydrogen) atoms. The number of piperazine rings is 1. The standard InChI is InChI=1S/C19H32N4O5S/c1-14-11-22(12-15(2)28-14)29(26,27)21-9-7-20(8-10-21)13-23-18(24)16-5-3-4-6-17(16)19(23)25/h14-17H,3-13H2,1-2H3/t14-,15-,16-,17+/m1/s1. The van der Waals surface area contributed by atoms with E-state index >= 15 is 0 Å². The summed E-state index contributed by atoms with van der Waals surface area (Å²) in [5.41, 5.74) is 0. The first-order valence-electron chi connectivity index (χ1n) is 10.8. The molecule has 4 rings (SSSR count). The highest BCUT2D eigenvalue weighted by atomic mass is 32.2. The van der Waals surface area contributed by atoms with Crippen molar-refractivity contribution in [3.63, 3.8) is 0 Å². The van der Waals surface area contributed by atoms with Crippen molar-refractivity contribution in [2.24, 2.45) is 11.8 Å². The van der Waals surface area contributed by atoms with Crippen LogP contribution in [0.1, 0.15) is 39.5 Å². The highest BCUT2D eigenvalue weighted by Crippen LogP contribution is 2.38. The van der Waals surface area contributed by atoms with Gasteiger partial charge in [-0.1, -0.05) is 12.8 Å². The van der Waals surface area contributed by atoms with Crippen molar-refractivity contribution in [2.45, 2.75) is 51.7 Å². The molecule has 4 fully saturated rings. The first-order valence-corrected chi connectivity index (χ1v) is 12.2. The lowest BCUT2D eigenvalue weighted by Gasteiger charge is -2.40. The Morgan fingerprint density at radius 1 is 0.862 bits per heavy atom. The Morgan fingerprint density at radius 2 is 1.38 bits per heavy atom. The van der Waals surface area contributed by atoms with Gasteiger partial charge >= 0.3 is 0 Å². The third-order valence-electron chi connectivity index (χ3n) is 6.64. The van der Waals surface area contributed by atoms with E-state index in [1.54, 1.807) is 0 Å². The van der Waals surface area contributed by atoms with Crippen LogP contribution in [-0.4, -0.2) is 96.8 Å². The van der Waals surface area contributed by atoms with Crippen molar-refractivity contribution in [3.8, 4) is 0 Å². The van der Waals surface area contributed by atoms with Crippen molar-refractivity contribution in [3.05, 3.63) is 0 Å². The van der Waals surface area contributed by atoms with Crippen molar-refractivity contribution >= 4 is 22.0 Å². The summed E-state index contributed by atoms with van der Waals surface area (Å²) < 4.78 is 34.7. The van der Waals surface area contributed by atoms with E-state index in [-0.39, 0.29) is 42.5 Å². The van der Waals surface area contributed by atoms with Gasteiger partial charge in [-0.15, -0.1) is 0 Å². The molecule has 9 nitrogen and oxygen atoms in total. The average molecular weight is 429 g/mol. The van der Waals surface area contributed by atoms with Crippen molar-refractivity contribution in [1.82, 2.24) is 18.4 Å². The quantitative estimate of drug-likeness (QED) is 0.590. The molecule has 3 aliphatic heterocycles. The van der Waals surface area contributed by atoms with Crippen LogP contribution in [0.5, 0.6) is 0 Å². The molecule has 3 saturated heterocycles. The second-order valence-corrected chi connectivity index (χ2v) is 10.8. The number of hydrogen-bond acceptors (Lipinski definition) is 6. The molecule has 164 valence electrons. The van der Waals surface area contributed by atoms with Crippen molar-refractivity contribution < 1.29 is 22.7 Å². The van der Waals surface area contributed by atoms with E-state index < -0.39 is 10.2 Å². The molecule has 10 heteroatoms. The first kappa shape index (κ1) is 21.2. The molecule has 0 aromatic carbocycles. The molecule has 0 radical (unpaired) electrons. The van der Waals surface area contributed by atoms with Gasteiger partial charge in [0.2, 0.25) is 11.8 Å². The predicted molar refractivity (Wildman–Crippen MR) is 106 cm³/mol. The number of carbonyl (C=O) groups excluding carboxylic acids is 2. The van der Waals surface area contributed by atoms with Crippen LogP contribution in [0.2, 0.25) is 0 Å². The third kappa shape index (κ3) is 4.10. The molecule has 3 heterocycles. The minimum absolute atomic E-state index is 0.0361. The average Bonchev–Trinajstić information content (AvgIpc) is 2.93. The normalized spacial score (nSPS) is 35.9. The lowest BCUT2D eigenvalue weighted by Crippen LogP contribution is -2.58. The Kier molecular flexibility index (Phi) is 6.00. The van der Waals surface area contributed by atoms with E-state index in [1.165, 1.54) is 13.5 Å². The third-order valence-corrected chi connectivity index (χ3v) is 8.61. The molecule has 2 amide bonds. The van der Waals surface area contributed by atoms with Gasteiger partial charge in [0.15, 0.2) is 0 Å². The molecule has 1 saturated carbocycles. The van der Waals surface area contributed by atoms with Gasteiger partial charge in [0, 0.05) is 39.3 Å². The summed E-state index contributed by atoms with van der Waals surface area (Å²) in [5.74, 6) is -0.344. The van der Waals surface area contributed by atoms with E-state index in [1.807, 2.05) is 18.7 Å². The number of fused-ring (bicyclic) bond motifs is 1. The van der Waals surface area contributed by atoms with E-state index in [9.17, 15) is 18.0 Å². The second kappa shape index (κ2) is 8.22. The summed E-state index contributed by atoms with van der Waals surface area (Å²) in [7, 11) is -3.53. The Bertz CT molecular complexity index is 718. The van der Waals surface area contributed by atoms with E-state index in [2.05, 4.69) is 0 Å². The molecular formula is C19H32N4O5S. The lowest BCUT2D eigenvalue weighted by molar-refractivity contribution is -0.142. The number of likely N-dealkylation sites (tertiary alicyclic amines) is 1. The summed E-state index contributed by atoms with van der Waals surface area (Å²) in [5, 5.41) is 0. The second-order valence-electron chi connectivity index (χ2n) is 8.84. The first-order chi connectivity index (χ1) is 13.8. The molecular weight excluding hydrogens is 396 g/mol. The molecule has 0 unspecified atom stereocenters. The number of nitrogens with zero attached hydrogens (tertiary/aromatic N) is 4. The molecule has 4 aliphatic rings. The fourth-order valence-corrected chi connectivity index (χ4v) is 6.90. The molecule has 0 N–H and O–H groups in total. The van der Waals surface area contributed by atoms with Crippen LogP contribution in [0.3, 0.4) is 0 Å². The molecule has 0 aromatic rings. The molecule has 0 bridgehead atoms. The van der Waals surface area contributed by atoms with Crippen molar-refractivity contribution in [2.75, 3.05) is 45.9 Å². The number of imide groups is 1. The Labute approximate surface area is 173 Å². The largest absolute Gasteiger partial charge is 0.373 e. The van der Waals surface area contributed by atoms with E-state index in [4.69, 9.17) is 4.74 Å². The molecule has 4 atom stereocenters. The zero-order valence-corrected chi connectivity index (χ0v) is 18.1. The Hall–Kier alpha value is -1.07. The highest BCUT2D eigenvalue weighted by Gasteiger charge is 2.48. The number of ether oxygens (including phenoxy) is 1. The fraction of sp³-hybridized carbons (Fsp3) is 0.895. The van der Waals surface area contributed by atoms with Gasteiger partial charge in [-0.05, 0) is 26.7 Å². The van der Waals surface area contributed by atoms with E-state index in [0.717, 1.165) is 25.7 Å². The summed E-state index contributed by atoms with van der Waals surface area (Å²) in [4.78, 5) is 28.8. The number of rotatable bonds is 4. The van der Waals surface area contributed by atoms with Gasteiger partial charge in [0.1, 0.15) is 0 Å². The number of morpholine rings is 1. The maximum absolute atomic E-state index is 13.0. The Balaban J connectivity index is 1.34. The highest BCUT2D eigenvalue weighted by molar-refractivity contribution is 7.86. The smallest absolute Gasteiger partial charge is 0.282 e. The summed E-state index contributed by atoms with van der Waals surface area (Å²) >= 11 is 0. The minimum atomic E-state index is -3.53. The monoisotopic (exact) mass is 428 g/mol. The van der Waals surface area contributed by atoms with Crippen molar-refractivity contribution in [1.29, 1.82) is 0 Å². The van der Waals surface area contributed by atoms with Crippen LogP contribution in [-0.2, 0) is 24.5 Å². The Morgan fingerprint density at radius 3 is 1.90 bits per heavy atom. The molecule has 0 aromatic heterocycles. The lowest BCUT2D eigenvalue weighted by atomic mass is 9.81. The fourth-order valence-electron chi connectivity index (χ4n) is 5.15. The number of amides is 2. The topological polar surface area (TPSA) is 90.5 Å². The van der Waals surface area contributed by atoms with Crippen LogP contribution < -0.4 is 0 Å². The maximum Gasteiger partial charge on any atom is 0.282 e. The van der Waals surface area contributed by atoms with Gasteiger partial charge in [0.05, 0.1) is 30.7 Å². The number of hydrogen-bond donors (Lipinski definition) is 0. The van der Waals surface area contributed by atoms with Gasteiger partial charge in [-0.3, -0.25) is 19.4 Å². The van der Waals surface area contributed by atoms with Crippen LogP contribution in [0.25, 0.3) is 0 Å².